The van der Waals surface area contributed by atoms with Crippen LogP contribution in [0.2, 0.25) is 0 Å². The Morgan fingerprint density at radius 1 is 0.960 bits per heavy atom. The van der Waals surface area contributed by atoms with Crippen molar-refractivity contribution in [1.29, 1.82) is 0 Å². The molecule has 2 heterocycles. The molecule has 0 saturated heterocycles. The molecule has 1 aromatic carbocycles. The molecule has 5 nitrogen and oxygen atoms in total. The van der Waals surface area contributed by atoms with E-state index in [1.165, 1.54) is 0 Å². The number of anilines is 2. The van der Waals surface area contributed by atoms with Gasteiger partial charge in [-0.05, 0) is 36.4 Å². The molecular formula is C20H22N4O. The molecule has 5 heteroatoms. The zero-order chi connectivity index (χ0) is 17.9. The highest BCUT2D eigenvalue weighted by atomic mass is 16.5. The van der Waals surface area contributed by atoms with Crippen LogP contribution in [0.25, 0.3) is 11.5 Å². The predicted molar refractivity (Wildman–Crippen MR) is 100 cm³/mol. The minimum absolute atomic E-state index is 0.0944. The van der Waals surface area contributed by atoms with E-state index < -0.39 is 0 Å². The first-order valence-corrected chi connectivity index (χ1v) is 8.18. The SMILES string of the molecule is COc1ccc(Nc2cc(C(C)(C)C)nc(-c3ccccn3)n2)cc1. The molecule has 128 valence electrons. The monoisotopic (exact) mass is 334 g/mol. The lowest BCUT2D eigenvalue weighted by Crippen LogP contribution is -2.15. The summed E-state index contributed by atoms with van der Waals surface area (Å²) in [4.78, 5) is 13.7. The highest BCUT2D eigenvalue weighted by Gasteiger charge is 2.19. The molecule has 0 spiro atoms. The fourth-order valence-corrected chi connectivity index (χ4v) is 2.33. The van der Waals surface area contributed by atoms with E-state index in [9.17, 15) is 0 Å². The van der Waals surface area contributed by atoms with Crippen molar-refractivity contribution in [3.05, 3.63) is 60.4 Å². The van der Waals surface area contributed by atoms with Gasteiger partial charge in [-0.2, -0.15) is 0 Å². The Hall–Kier alpha value is -2.95. The number of nitrogens with one attached hydrogen (secondary N) is 1. The van der Waals surface area contributed by atoms with Gasteiger partial charge in [0.15, 0.2) is 5.82 Å². The average Bonchev–Trinajstić information content (AvgIpc) is 2.62. The molecule has 0 aliphatic heterocycles. The summed E-state index contributed by atoms with van der Waals surface area (Å²) in [5, 5.41) is 3.34. The Morgan fingerprint density at radius 2 is 1.72 bits per heavy atom. The third-order valence-electron chi connectivity index (χ3n) is 3.75. The lowest BCUT2D eigenvalue weighted by molar-refractivity contribution is 0.415. The third-order valence-corrected chi connectivity index (χ3v) is 3.75. The van der Waals surface area contributed by atoms with Gasteiger partial charge in [0.05, 0.1) is 12.8 Å². The van der Waals surface area contributed by atoms with E-state index >= 15 is 0 Å². The standard InChI is InChI=1S/C20H22N4O/c1-20(2,3)17-13-18(22-14-8-10-15(25-4)11-9-14)24-19(23-17)16-7-5-6-12-21-16/h5-13H,1-4H3,(H,22,23,24). The highest BCUT2D eigenvalue weighted by molar-refractivity contribution is 5.61. The molecule has 0 amide bonds. The van der Waals surface area contributed by atoms with Crippen LogP contribution in [0.4, 0.5) is 11.5 Å². The van der Waals surface area contributed by atoms with E-state index in [1.807, 2.05) is 48.5 Å². The maximum atomic E-state index is 5.20. The number of nitrogens with zero attached hydrogens (tertiary/aromatic N) is 3. The van der Waals surface area contributed by atoms with Crippen molar-refractivity contribution in [3.8, 4) is 17.3 Å². The molecule has 0 bridgehead atoms. The Labute approximate surface area is 148 Å². The lowest BCUT2D eigenvalue weighted by Gasteiger charge is -2.19. The fourth-order valence-electron chi connectivity index (χ4n) is 2.33. The largest absolute Gasteiger partial charge is 0.497 e. The molecule has 1 N–H and O–H groups in total. The van der Waals surface area contributed by atoms with Crippen molar-refractivity contribution in [3.63, 3.8) is 0 Å². The van der Waals surface area contributed by atoms with Crippen molar-refractivity contribution < 1.29 is 4.74 Å². The minimum Gasteiger partial charge on any atom is -0.497 e. The van der Waals surface area contributed by atoms with Gasteiger partial charge in [-0.15, -0.1) is 0 Å². The topological polar surface area (TPSA) is 59.9 Å². The fraction of sp³-hybridized carbons (Fsp3) is 0.250. The normalized spacial score (nSPS) is 11.2. The first-order valence-electron chi connectivity index (χ1n) is 8.18. The molecule has 2 aromatic heterocycles. The molecule has 0 aliphatic rings. The number of methoxy groups -OCH3 is 1. The Morgan fingerprint density at radius 3 is 2.32 bits per heavy atom. The quantitative estimate of drug-likeness (QED) is 0.756. The summed E-state index contributed by atoms with van der Waals surface area (Å²) in [7, 11) is 1.65. The van der Waals surface area contributed by atoms with Crippen LogP contribution in [0.15, 0.2) is 54.7 Å². The zero-order valence-corrected chi connectivity index (χ0v) is 14.9. The van der Waals surface area contributed by atoms with E-state index in [4.69, 9.17) is 9.72 Å². The predicted octanol–water partition coefficient (Wildman–Crippen LogP) is 4.59. The number of aromatic nitrogens is 3. The summed E-state index contributed by atoms with van der Waals surface area (Å²) in [6.07, 6.45) is 1.75. The first kappa shape index (κ1) is 16.9. The molecular weight excluding hydrogens is 312 g/mol. The van der Waals surface area contributed by atoms with Crippen LogP contribution in [0.3, 0.4) is 0 Å². The lowest BCUT2D eigenvalue weighted by atomic mass is 9.92. The van der Waals surface area contributed by atoms with Crippen molar-refractivity contribution in [2.24, 2.45) is 0 Å². The summed E-state index contributed by atoms with van der Waals surface area (Å²) in [6.45, 7) is 6.40. The zero-order valence-electron chi connectivity index (χ0n) is 14.9. The van der Waals surface area contributed by atoms with Crippen molar-refractivity contribution in [2.75, 3.05) is 12.4 Å². The van der Waals surface area contributed by atoms with Gasteiger partial charge in [0, 0.05) is 23.4 Å². The van der Waals surface area contributed by atoms with E-state index in [-0.39, 0.29) is 5.41 Å². The second-order valence-corrected chi connectivity index (χ2v) is 6.78. The highest BCUT2D eigenvalue weighted by Crippen LogP contribution is 2.27. The van der Waals surface area contributed by atoms with Crippen LogP contribution >= 0.6 is 0 Å². The molecule has 0 radical (unpaired) electrons. The van der Waals surface area contributed by atoms with Gasteiger partial charge < -0.3 is 10.1 Å². The molecule has 3 aromatic rings. The van der Waals surface area contributed by atoms with Crippen LogP contribution in [0.1, 0.15) is 26.5 Å². The number of ether oxygens (including phenoxy) is 1. The molecule has 0 atom stereocenters. The smallest absolute Gasteiger partial charge is 0.180 e. The van der Waals surface area contributed by atoms with Gasteiger partial charge >= 0.3 is 0 Å². The van der Waals surface area contributed by atoms with Gasteiger partial charge in [0.1, 0.15) is 17.3 Å². The molecule has 0 fully saturated rings. The average molecular weight is 334 g/mol. The van der Waals surface area contributed by atoms with Crippen LogP contribution < -0.4 is 10.1 Å². The number of hydrogen-bond donors (Lipinski definition) is 1. The second kappa shape index (κ2) is 6.89. The molecule has 0 aliphatic carbocycles. The van der Waals surface area contributed by atoms with E-state index in [0.29, 0.717) is 5.82 Å². The summed E-state index contributed by atoms with van der Waals surface area (Å²) < 4.78 is 5.20. The van der Waals surface area contributed by atoms with Crippen LogP contribution in [-0.4, -0.2) is 22.1 Å². The van der Waals surface area contributed by atoms with Gasteiger partial charge in [-0.3, -0.25) is 4.98 Å². The van der Waals surface area contributed by atoms with Gasteiger partial charge in [0.2, 0.25) is 0 Å². The number of pyridine rings is 1. The van der Waals surface area contributed by atoms with E-state index in [1.54, 1.807) is 13.3 Å². The molecule has 3 rings (SSSR count). The summed E-state index contributed by atoms with van der Waals surface area (Å²) in [5.41, 5.74) is 2.56. The van der Waals surface area contributed by atoms with Gasteiger partial charge in [0.25, 0.3) is 0 Å². The van der Waals surface area contributed by atoms with Crippen LogP contribution in [0, 0.1) is 0 Å². The summed E-state index contributed by atoms with van der Waals surface area (Å²) in [5.74, 6) is 2.17. The number of benzene rings is 1. The van der Waals surface area contributed by atoms with Crippen molar-refractivity contribution in [2.45, 2.75) is 26.2 Å². The Kier molecular flexibility index (Phi) is 4.65. The second-order valence-electron chi connectivity index (χ2n) is 6.78. The van der Waals surface area contributed by atoms with Crippen LogP contribution in [0.5, 0.6) is 5.75 Å². The first-order chi connectivity index (χ1) is 12.0. The van der Waals surface area contributed by atoms with Gasteiger partial charge in [-0.25, -0.2) is 9.97 Å². The number of rotatable bonds is 4. The van der Waals surface area contributed by atoms with Gasteiger partial charge in [-0.1, -0.05) is 26.8 Å². The maximum absolute atomic E-state index is 5.20. The molecule has 0 saturated carbocycles. The number of hydrogen-bond acceptors (Lipinski definition) is 5. The minimum atomic E-state index is -0.0944. The van der Waals surface area contributed by atoms with Crippen LogP contribution in [-0.2, 0) is 5.41 Å². The summed E-state index contributed by atoms with van der Waals surface area (Å²) >= 11 is 0. The molecule has 25 heavy (non-hydrogen) atoms. The van der Waals surface area contributed by atoms with E-state index in [0.717, 1.165) is 28.6 Å². The Bertz CT molecular complexity index is 840. The molecule has 0 unspecified atom stereocenters. The van der Waals surface area contributed by atoms with E-state index in [2.05, 4.69) is 36.1 Å². The van der Waals surface area contributed by atoms with Crippen molar-refractivity contribution in [1.82, 2.24) is 15.0 Å². The maximum Gasteiger partial charge on any atom is 0.180 e. The Balaban J connectivity index is 2.00. The van der Waals surface area contributed by atoms with Crippen molar-refractivity contribution >= 4 is 11.5 Å². The summed E-state index contributed by atoms with van der Waals surface area (Å²) in [6, 6.07) is 15.5. The third kappa shape index (κ3) is 4.12.